The highest BCUT2D eigenvalue weighted by Gasteiger charge is 2.27. The van der Waals surface area contributed by atoms with Gasteiger partial charge >= 0.3 is 0 Å². The van der Waals surface area contributed by atoms with Gasteiger partial charge in [0.25, 0.3) is 5.91 Å². The Balaban J connectivity index is 3.04. The Kier molecular flexibility index (Phi) is 4.62. The largest absolute Gasteiger partial charge is 0.384 e. The molecule has 0 aliphatic carbocycles. The van der Waals surface area contributed by atoms with Gasteiger partial charge < -0.3 is 16.2 Å². The summed E-state index contributed by atoms with van der Waals surface area (Å²) < 4.78 is 0. The van der Waals surface area contributed by atoms with E-state index >= 15 is 0 Å². The van der Waals surface area contributed by atoms with Crippen molar-refractivity contribution in [3.63, 3.8) is 0 Å². The molecule has 100 valence electrons. The van der Waals surface area contributed by atoms with Crippen LogP contribution in [0, 0.1) is 11.8 Å². The predicted molar refractivity (Wildman–Crippen MR) is 68.9 cm³/mol. The summed E-state index contributed by atoms with van der Waals surface area (Å²) in [6.07, 6.45) is 2.85. The van der Waals surface area contributed by atoms with Gasteiger partial charge in [-0.05, 0) is 19.9 Å². The Morgan fingerprint density at radius 2 is 2.21 bits per heavy atom. The van der Waals surface area contributed by atoms with Gasteiger partial charge in [0.2, 0.25) is 5.91 Å². The number of aromatic nitrogens is 1. The lowest BCUT2D eigenvalue weighted by molar-refractivity contribution is -0.122. The second-order valence-electron chi connectivity index (χ2n) is 4.32. The zero-order valence-electron chi connectivity index (χ0n) is 10.7. The molecule has 1 heterocycles. The van der Waals surface area contributed by atoms with Gasteiger partial charge in [0.05, 0.1) is 11.1 Å². The first-order valence-corrected chi connectivity index (χ1v) is 5.54. The molecule has 19 heavy (non-hydrogen) atoms. The van der Waals surface area contributed by atoms with Crippen LogP contribution in [0.5, 0.6) is 0 Å². The lowest BCUT2D eigenvalue weighted by Gasteiger charge is -2.22. The molecular formula is C13H15N3O3. The first-order chi connectivity index (χ1) is 8.88. The molecule has 2 amide bonds. The molecule has 6 heteroatoms. The van der Waals surface area contributed by atoms with Gasteiger partial charge in [0.1, 0.15) is 12.1 Å². The van der Waals surface area contributed by atoms with Crippen molar-refractivity contribution < 1.29 is 14.7 Å². The summed E-state index contributed by atoms with van der Waals surface area (Å²) in [6, 6.07) is 1.48. The zero-order valence-corrected chi connectivity index (χ0v) is 10.7. The molecule has 0 spiro atoms. The number of rotatable bonds is 3. The van der Waals surface area contributed by atoms with E-state index in [1.54, 1.807) is 0 Å². The van der Waals surface area contributed by atoms with Crippen LogP contribution in [0.1, 0.15) is 29.8 Å². The Morgan fingerprint density at radius 3 is 2.79 bits per heavy atom. The van der Waals surface area contributed by atoms with Gasteiger partial charge in [-0.25, -0.2) is 0 Å². The molecule has 1 aromatic heterocycles. The standard InChI is InChI=1S/C13H15N3O3/c1-13(2,12(14)19)16-11(18)10-5-6-15-8-9(10)4-3-7-17/h5-6,8,17H,7H2,1-2H3,(H2,14,19)(H,16,18). The van der Waals surface area contributed by atoms with E-state index in [0.29, 0.717) is 5.56 Å². The number of nitrogens with two attached hydrogens (primary N) is 1. The number of aliphatic hydroxyl groups excluding tert-OH is 1. The lowest BCUT2D eigenvalue weighted by atomic mass is 10.0. The molecule has 4 N–H and O–H groups in total. The van der Waals surface area contributed by atoms with Crippen LogP contribution in [-0.2, 0) is 4.79 Å². The fourth-order valence-corrected chi connectivity index (χ4v) is 1.24. The number of carbonyl (C=O) groups is 2. The summed E-state index contributed by atoms with van der Waals surface area (Å²) in [5.41, 5.74) is 4.66. The quantitative estimate of drug-likeness (QED) is 0.633. The molecule has 0 atom stereocenters. The van der Waals surface area contributed by atoms with Crippen molar-refractivity contribution in [3.8, 4) is 11.8 Å². The molecule has 0 aliphatic heterocycles. The highest BCUT2D eigenvalue weighted by Crippen LogP contribution is 2.08. The Morgan fingerprint density at radius 1 is 1.53 bits per heavy atom. The number of hydrogen-bond donors (Lipinski definition) is 3. The number of hydrogen-bond acceptors (Lipinski definition) is 4. The van der Waals surface area contributed by atoms with E-state index in [1.165, 1.54) is 32.3 Å². The molecule has 6 nitrogen and oxygen atoms in total. The van der Waals surface area contributed by atoms with Crippen LogP contribution in [0.15, 0.2) is 18.5 Å². The fraction of sp³-hybridized carbons (Fsp3) is 0.308. The van der Waals surface area contributed by atoms with Crippen molar-refractivity contribution in [1.82, 2.24) is 10.3 Å². The number of nitrogens with one attached hydrogen (secondary N) is 1. The molecule has 1 rings (SSSR count). The minimum atomic E-state index is -1.16. The normalized spacial score (nSPS) is 10.3. The van der Waals surface area contributed by atoms with E-state index in [0.717, 1.165) is 0 Å². The van der Waals surface area contributed by atoms with E-state index < -0.39 is 17.4 Å². The van der Waals surface area contributed by atoms with Crippen LogP contribution < -0.4 is 11.1 Å². The fourth-order valence-electron chi connectivity index (χ4n) is 1.24. The van der Waals surface area contributed by atoms with Crippen LogP contribution in [0.3, 0.4) is 0 Å². The van der Waals surface area contributed by atoms with Crippen LogP contribution >= 0.6 is 0 Å². The van der Waals surface area contributed by atoms with Crippen molar-refractivity contribution in [2.24, 2.45) is 5.73 Å². The van der Waals surface area contributed by atoms with Gasteiger partial charge in [-0.15, -0.1) is 0 Å². The summed E-state index contributed by atoms with van der Waals surface area (Å²) in [7, 11) is 0. The maximum absolute atomic E-state index is 12.1. The van der Waals surface area contributed by atoms with Gasteiger partial charge in [-0.2, -0.15) is 0 Å². The van der Waals surface area contributed by atoms with E-state index in [4.69, 9.17) is 10.8 Å². The minimum absolute atomic E-state index is 0.269. The number of aliphatic hydroxyl groups is 1. The van der Waals surface area contributed by atoms with Crippen molar-refractivity contribution in [2.45, 2.75) is 19.4 Å². The van der Waals surface area contributed by atoms with Crippen molar-refractivity contribution in [3.05, 3.63) is 29.6 Å². The predicted octanol–water partition coefficient (Wildman–Crippen LogP) is -0.581. The number of amides is 2. The highest BCUT2D eigenvalue weighted by molar-refractivity contribution is 6.00. The average molecular weight is 261 g/mol. The summed E-state index contributed by atoms with van der Waals surface area (Å²) >= 11 is 0. The molecular weight excluding hydrogens is 246 g/mol. The average Bonchev–Trinajstić information content (AvgIpc) is 2.36. The molecule has 0 saturated carbocycles. The van der Waals surface area contributed by atoms with Crippen LogP contribution in [0.2, 0.25) is 0 Å². The summed E-state index contributed by atoms with van der Waals surface area (Å²) in [4.78, 5) is 27.1. The number of pyridine rings is 1. The Labute approximate surface area is 111 Å². The first-order valence-electron chi connectivity index (χ1n) is 5.54. The van der Waals surface area contributed by atoms with E-state index in [1.807, 2.05) is 0 Å². The van der Waals surface area contributed by atoms with E-state index in [2.05, 4.69) is 22.1 Å². The number of primary amides is 1. The zero-order chi connectivity index (χ0) is 14.5. The van der Waals surface area contributed by atoms with Crippen molar-refractivity contribution in [1.29, 1.82) is 0 Å². The van der Waals surface area contributed by atoms with E-state index in [9.17, 15) is 9.59 Å². The Bertz CT molecular complexity index is 556. The number of nitrogens with zero attached hydrogens (tertiary/aromatic N) is 1. The highest BCUT2D eigenvalue weighted by atomic mass is 16.2. The second-order valence-corrected chi connectivity index (χ2v) is 4.32. The summed E-state index contributed by atoms with van der Waals surface area (Å²) in [5, 5.41) is 11.2. The topological polar surface area (TPSA) is 105 Å². The van der Waals surface area contributed by atoms with E-state index in [-0.39, 0.29) is 12.2 Å². The second kappa shape index (κ2) is 5.98. The third-order valence-electron chi connectivity index (χ3n) is 2.41. The maximum Gasteiger partial charge on any atom is 0.253 e. The van der Waals surface area contributed by atoms with Gasteiger partial charge in [0, 0.05) is 12.4 Å². The van der Waals surface area contributed by atoms with Gasteiger partial charge in [-0.3, -0.25) is 14.6 Å². The maximum atomic E-state index is 12.1. The van der Waals surface area contributed by atoms with Gasteiger partial charge in [-0.1, -0.05) is 11.8 Å². The number of carbonyl (C=O) groups excluding carboxylic acids is 2. The van der Waals surface area contributed by atoms with Crippen molar-refractivity contribution >= 4 is 11.8 Å². The molecule has 0 fully saturated rings. The van der Waals surface area contributed by atoms with Crippen LogP contribution in [0.25, 0.3) is 0 Å². The molecule has 0 aliphatic rings. The summed E-state index contributed by atoms with van der Waals surface area (Å²) in [5.74, 6) is 3.94. The SMILES string of the molecule is CC(C)(NC(=O)c1ccncc1C#CCO)C(N)=O. The molecule has 0 bridgehead atoms. The Hall–Kier alpha value is -2.39. The molecule has 0 radical (unpaired) electrons. The smallest absolute Gasteiger partial charge is 0.253 e. The summed E-state index contributed by atoms with van der Waals surface area (Å²) in [6.45, 7) is 2.70. The minimum Gasteiger partial charge on any atom is -0.384 e. The van der Waals surface area contributed by atoms with Crippen LogP contribution in [0.4, 0.5) is 0 Å². The molecule has 1 aromatic rings. The van der Waals surface area contributed by atoms with Gasteiger partial charge in [0.15, 0.2) is 0 Å². The first kappa shape index (κ1) is 14.7. The third kappa shape index (κ3) is 3.79. The van der Waals surface area contributed by atoms with Crippen molar-refractivity contribution in [2.75, 3.05) is 6.61 Å². The monoisotopic (exact) mass is 261 g/mol. The molecule has 0 unspecified atom stereocenters. The van der Waals surface area contributed by atoms with Crippen LogP contribution in [-0.4, -0.2) is 34.1 Å². The third-order valence-corrected chi connectivity index (χ3v) is 2.41. The molecule has 0 aromatic carbocycles. The lowest BCUT2D eigenvalue weighted by Crippen LogP contribution is -2.53. The molecule has 0 saturated heterocycles.